The van der Waals surface area contributed by atoms with Gasteiger partial charge in [0.15, 0.2) is 6.29 Å². The van der Waals surface area contributed by atoms with E-state index in [0.717, 1.165) is 38.3 Å². The summed E-state index contributed by atoms with van der Waals surface area (Å²) in [5.41, 5.74) is 4.10. The Bertz CT molecular complexity index is 1900. The van der Waals surface area contributed by atoms with Crippen molar-refractivity contribution in [2.75, 3.05) is 19.6 Å². The van der Waals surface area contributed by atoms with Crippen LogP contribution in [0.4, 0.5) is 4.79 Å². The Labute approximate surface area is 319 Å². The molecule has 3 aliphatic heterocycles. The summed E-state index contributed by atoms with van der Waals surface area (Å²) in [5.74, 6) is -0.861. The third kappa shape index (κ3) is 9.01. The molecule has 282 valence electrons. The summed E-state index contributed by atoms with van der Waals surface area (Å²) in [6, 6.07) is 30.8. The van der Waals surface area contributed by atoms with Crippen molar-refractivity contribution >= 4 is 29.5 Å². The van der Waals surface area contributed by atoms with Gasteiger partial charge in [0.1, 0.15) is 12.6 Å². The second kappa shape index (κ2) is 16.8. The van der Waals surface area contributed by atoms with E-state index in [0.29, 0.717) is 43.9 Å². The molecule has 0 bridgehead atoms. The van der Waals surface area contributed by atoms with Gasteiger partial charge in [-0.1, -0.05) is 103 Å². The van der Waals surface area contributed by atoms with E-state index < -0.39 is 29.9 Å². The maximum absolute atomic E-state index is 13.1. The maximum atomic E-state index is 13.1. The van der Waals surface area contributed by atoms with Gasteiger partial charge in [-0.2, -0.15) is 0 Å². The minimum absolute atomic E-state index is 0.0447. The molecule has 4 aromatic carbocycles. The minimum Gasteiger partial charge on any atom is -0.445 e. The molecule has 0 saturated carbocycles. The summed E-state index contributed by atoms with van der Waals surface area (Å²) in [4.78, 5) is 41.8. The second-order valence-corrected chi connectivity index (χ2v) is 14.6. The van der Waals surface area contributed by atoms with Crippen LogP contribution >= 0.6 is 11.6 Å². The van der Waals surface area contributed by atoms with E-state index in [2.05, 4.69) is 10.2 Å². The average Bonchev–Trinajstić information content (AvgIpc) is 3.45. The largest absolute Gasteiger partial charge is 0.445 e. The number of hydrogen-bond donors (Lipinski definition) is 3. The zero-order valence-electron chi connectivity index (χ0n) is 29.8. The van der Waals surface area contributed by atoms with Crippen molar-refractivity contribution < 1.29 is 38.8 Å². The van der Waals surface area contributed by atoms with Crippen LogP contribution in [-0.4, -0.2) is 69.7 Å². The topological polar surface area (TPSA) is 138 Å². The van der Waals surface area contributed by atoms with Crippen LogP contribution in [0.15, 0.2) is 103 Å². The number of nitrogens with zero attached hydrogens (tertiary/aromatic N) is 2. The maximum Gasteiger partial charge on any atom is 0.408 e. The first-order chi connectivity index (χ1) is 26.2. The van der Waals surface area contributed by atoms with Crippen LogP contribution in [0.2, 0.25) is 5.02 Å². The fraction of sp³-hybridized carbons (Fsp3) is 0.357. The number of hydrogen-bond acceptors (Lipinski definition) is 9. The van der Waals surface area contributed by atoms with E-state index in [-0.39, 0.29) is 44.3 Å². The molecule has 11 nitrogen and oxygen atoms in total. The van der Waals surface area contributed by atoms with Gasteiger partial charge >= 0.3 is 6.09 Å². The van der Waals surface area contributed by atoms with Crippen molar-refractivity contribution in [2.45, 2.75) is 75.6 Å². The van der Waals surface area contributed by atoms with Gasteiger partial charge in [0.05, 0.1) is 37.4 Å². The lowest BCUT2D eigenvalue weighted by molar-refractivity contribution is -0.253. The Morgan fingerprint density at radius 1 is 0.852 bits per heavy atom. The fourth-order valence-corrected chi connectivity index (χ4v) is 7.43. The first kappa shape index (κ1) is 37.7. The summed E-state index contributed by atoms with van der Waals surface area (Å²) >= 11 is 6.08. The van der Waals surface area contributed by atoms with Crippen LogP contribution in [0.1, 0.15) is 71.5 Å². The van der Waals surface area contributed by atoms with E-state index in [4.69, 9.17) is 25.8 Å². The predicted octanol–water partition coefficient (Wildman–Crippen LogP) is 5.92. The number of alkyl carbamates (subject to hydrolysis) is 1. The molecule has 3 heterocycles. The Hall–Kier alpha value is -4.62. The van der Waals surface area contributed by atoms with Crippen molar-refractivity contribution in [1.29, 1.82) is 0 Å². The van der Waals surface area contributed by atoms with Crippen LogP contribution in [0.3, 0.4) is 0 Å². The van der Waals surface area contributed by atoms with E-state index in [9.17, 15) is 24.6 Å². The van der Waals surface area contributed by atoms with E-state index in [1.807, 2.05) is 103 Å². The van der Waals surface area contributed by atoms with Crippen molar-refractivity contribution in [3.8, 4) is 0 Å². The average molecular weight is 754 g/mol. The van der Waals surface area contributed by atoms with Crippen LogP contribution in [0.25, 0.3) is 0 Å². The van der Waals surface area contributed by atoms with Crippen LogP contribution in [0, 0.1) is 0 Å². The van der Waals surface area contributed by atoms with E-state index >= 15 is 0 Å². The second-order valence-electron chi connectivity index (χ2n) is 14.2. The number of aliphatic hydroxyl groups is 2. The Balaban J connectivity index is 0.981. The molecule has 3 fully saturated rings. The van der Waals surface area contributed by atoms with Gasteiger partial charge in [-0.15, -0.1) is 0 Å². The fourth-order valence-electron chi connectivity index (χ4n) is 7.31. The Morgan fingerprint density at radius 3 is 2.20 bits per heavy atom. The summed E-state index contributed by atoms with van der Waals surface area (Å²) in [7, 11) is 0. The predicted molar refractivity (Wildman–Crippen MR) is 200 cm³/mol. The summed E-state index contributed by atoms with van der Waals surface area (Å²) in [6.45, 7) is 2.13. The third-order valence-corrected chi connectivity index (χ3v) is 10.7. The summed E-state index contributed by atoms with van der Waals surface area (Å²) < 4.78 is 18.4. The molecule has 3 saturated heterocycles. The quantitative estimate of drug-likeness (QED) is 0.160. The number of aliphatic hydroxyl groups excluding tert-OH is 1. The van der Waals surface area contributed by atoms with Gasteiger partial charge in [0.25, 0.3) is 5.91 Å². The number of halogens is 1. The van der Waals surface area contributed by atoms with Gasteiger partial charge in [-0.05, 0) is 52.8 Å². The van der Waals surface area contributed by atoms with Gasteiger partial charge in [-0.3, -0.25) is 14.5 Å². The third-order valence-electron chi connectivity index (χ3n) is 10.5. The van der Waals surface area contributed by atoms with Crippen LogP contribution < -0.4 is 5.32 Å². The van der Waals surface area contributed by atoms with Gasteiger partial charge in [0, 0.05) is 36.6 Å². The van der Waals surface area contributed by atoms with Crippen LogP contribution in [0.5, 0.6) is 0 Å². The standard InChI is InChI=1S/C42H44ClN3O8/c43-34-16-14-33(15-17-34)42(51)18-20-45(21-19-42)25-35-22-37(31-10-8-29(26-47)9-11-31)54-40(53-35)32-12-6-28(7-13-32)24-46-38(48)23-36(39(46)49)44-41(50)52-27-30-4-2-1-3-5-30/h1-17,35-37,40,47,51H,18-27H2,(H,44,50). The number of rotatable bonds is 11. The van der Waals surface area contributed by atoms with E-state index in [1.54, 1.807) is 0 Å². The number of nitrogens with one attached hydrogen (secondary N) is 1. The smallest absolute Gasteiger partial charge is 0.408 e. The number of amides is 3. The highest BCUT2D eigenvalue weighted by Gasteiger charge is 2.40. The molecule has 4 atom stereocenters. The number of piperidine rings is 1. The molecular formula is C42H44ClN3O8. The lowest BCUT2D eigenvalue weighted by Crippen LogP contribution is -2.46. The van der Waals surface area contributed by atoms with Crippen molar-refractivity contribution in [1.82, 2.24) is 15.1 Å². The summed E-state index contributed by atoms with van der Waals surface area (Å²) in [6.07, 6.45) is -0.208. The highest BCUT2D eigenvalue weighted by molar-refractivity contribution is 6.30. The Kier molecular flexibility index (Phi) is 11.7. The number of ether oxygens (including phenoxy) is 3. The molecule has 4 unspecified atom stereocenters. The molecule has 0 aliphatic carbocycles. The normalized spacial score (nSPS) is 23.0. The molecule has 3 aliphatic rings. The number of likely N-dealkylation sites (tertiary alicyclic amines) is 2. The van der Waals surface area contributed by atoms with Crippen molar-refractivity contribution in [2.24, 2.45) is 0 Å². The molecule has 0 aromatic heterocycles. The molecule has 3 amide bonds. The monoisotopic (exact) mass is 753 g/mol. The number of carbonyl (C=O) groups is 3. The number of benzene rings is 4. The Morgan fingerprint density at radius 2 is 1.52 bits per heavy atom. The minimum atomic E-state index is -0.990. The first-order valence-corrected chi connectivity index (χ1v) is 18.7. The molecule has 0 radical (unpaired) electrons. The molecular weight excluding hydrogens is 710 g/mol. The first-order valence-electron chi connectivity index (χ1n) is 18.3. The molecule has 0 spiro atoms. The van der Waals surface area contributed by atoms with Crippen LogP contribution in [-0.2, 0) is 49.2 Å². The molecule has 54 heavy (non-hydrogen) atoms. The molecule has 7 rings (SSSR count). The lowest BCUT2D eigenvalue weighted by atomic mass is 9.84. The van der Waals surface area contributed by atoms with Crippen molar-refractivity contribution in [3.05, 3.63) is 142 Å². The lowest BCUT2D eigenvalue weighted by Gasteiger charge is -2.42. The van der Waals surface area contributed by atoms with Gasteiger partial charge in [0.2, 0.25) is 5.91 Å². The van der Waals surface area contributed by atoms with E-state index in [1.165, 1.54) is 0 Å². The molecule has 3 N–H and O–H groups in total. The molecule has 4 aromatic rings. The van der Waals surface area contributed by atoms with Gasteiger partial charge < -0.3 is 34.6 Å². The SMILES string of the molecule is O=C(NC1CC(=O)N(Cc2ccc(C3OC(CN4CCC(O)(c5ccc(Cl)cc5)CC4)CC(c4ccc(CO)cc4)O3)cc2)C1=O)OCc1ccccc1. The highest BCUT2D eigenvalue weighted by Crippen LogP contribution is 2.39. The van der Waals surface area contributed by atoms with Crippen molar-refractivity contribution in [3.63, 3.8) is 0 Å². The summed E-state index contributed by atoms with van der Waals surface area (Å²) in [5, 5.41) is 24.2. The number of carbonyl (C=O) groups excluding carboxylic acids is 3. The van der Waals surface area contributed by atoms with Gasteiger partial charge in [-0.25, -0.2) is 4.79 Å². The number of imide groups is 1. The molecule has 12 heteroatoms. The highest BCUT2D eigenvalue weighted by atomic mass is 35.5. The zero-order chi connectivity index (χ0) is 37.7. The zero-order valence-corrected chi connectivity index (χ0v) is 30.6.